The number of anilines is 1. The van der Waals surface area contributed by atoms with Gasteiger partial charge in [0.05, 0.1) is 5.69 Å². The second-order valence-corrected chi connectivity index (χ2v) is 3.70. The van der Waals surface area contributed by atoms with E-state index in [4.69, 9.17) is 0 Å². The molecule has 0 spiro atoms. The van der Waals surface area contributed by atoms with Crippen LogP contribution in [0, 0.1) is 11.7 Å². The monoisotopic (exact) mass is 222 g/mol. The number of urea groups is 1. The Labute approximate surface area is 91.8 Å². The Hall–Kier alpha value is -1.91. The number of hydrogen-bond acceptors (Lipinski definition) is 2. The lowest BCUT2D eigenvalue weighted by atomic mass is 10.3. The number of carbonyl (C=O) groups is 2. The standard InChI is InChI=1S/C11H11FN2O2/c12-8-3-1-2-4-9(8)13-11(16)14-10(15)7-5-6-7/h1-4,7H,5-6H2,(H2,13,14,15,16). The highest BCUT2D eigenvalue weighted by atomic mass is 19.1. The molecule has 1 aliphatic carbocycles. The summed E-state index contributed by atoms with van der Waals surface area (Å²) in [5, 5.41) is 4.44. The molecule has 4 nitrogen and oxygen atoms in total. The highest BCUT2D eigenvalue weighted by Crippen LogP contribution is 2.28. The average molecular weight is 222 g/mol. The first kappa shape index (κ1) is 10.6. The summed E-state index contributed by atoms with van der Waals surface area (Å²) in [6, 6.07) is 5.09. The van der Waals surface area contributed by atoms with E-state index in [9.17, 15) is 14.0 Å². The van der Waals surface area contributed by atoms with Gasteiger partial charge in [0.15, 0.2) is 0 Å². The van der Waals surface area contributed by atoms with Crippen LogP contribution in [0.4, 0.5) is 14.9 Å². The van der Waals surface area contributed by atoms with Crippen molar-refractivity contribution in [3.8, 4) is 0 Å². The molecule has 1 saturated carbocycles. The predicted octanol–water partition coefficient (Wildman–Crippen LogP) is 1.88. The van der Waals surface area contributed by atoms with Gasteiger partial charge >= 0.3 is 6.03 Å². The van der Waals surface area contributed by atoms with Gasteiger partial charge in [0, 0.05) is 5.92 Å². The van der Waals surface area contributed by atoms with Crippen LogP contribution in [0.5, 0.6) is 0 Å². The molecule has 0 heterocycles. The van der Waals surface area contributed by atoms with Gasteiger partial charge in [0.25, 0.3) is 0 Å². The zero-order valence-corrected chi connectivity index (χ0v) is 8.50. The number of nitrogens with one attached hydrogen (secondary N) is 2. The summed E-state index contributed by atoms with van der Waals surface area (Å²) in [4.78, 5) is 22.5. The molecule has 3 amide bonds. The SMILES string of the molecule is O=C(NC(=O)C1CC1)Nc1ccccc1F. The van der Waals surface area contributed by atoms with E-state index in [1.807, 2.05) is 0 Å². The molecule has 5 heteroatoms. The average Bonchev–Trinajstić information content (AvgIpc) is 3.04. The van der Waals surface area contributed by atoms with Crippen LogP contribution >= 0.6 is 0 Å². The Morgan fingerprint density at radius 1 is 1.25 bits per heavy atom. The third-order valence-corrected chi connectivity index (χ3v) is 2.31. The molecule has 1 aliphatic rings. The summed E-state index contributed by atoms with van der Waals surface area (Å²) < 4.78 is 13.1. The third kappa shape index (κ3) is 2.56. The molecule has 1 aromatic carbocycles. The minimum atomic E-state index is -0.693. The molecular formula is C11H11FN2O2. The highest BCUT2D eigenvalue weighted by Gasteiger charge is 2.30. The Balaban J connectivity index is 1.91. The van der Waals surface area contributed by atoms with Gasteiger partial charge in [-0.3, -0.25) is 10.1 Å². The van der Waals surface area contributed by atoms with Crippen molar-refractivity contribution in [2.75, 3.05) is 5.32 Å². The molecule has 16 heavy (non-hydrogen) atoms. The van der Waals surface area contributed by atoms with Gasteiger partial charge < -0.3 is 5.32 Å². The van der Waals surface area contributed by atoms with Crippen LogP contribution in [0.2, 0.25) is 0 Å². The molecule has 0 aromatic heterocycles. The Morgan fingerprint density at radius 3 is 2.56 bits per heavy atom. The Bertz CT molecular complexity index is 430. The Morgan fingerprint density at radius 2 is 1.94 bits per heavy atom. The van der Waals surface area contributed by atoms with Gasteiger partial charge in [-0.05, 0) is 25.0 Å². The van der Waals surface area contributed by atoms with Crippen LogP contribution < -0.4 is 10.6 Å². The van der Waals surface area contributed by atoms with Gasteiger partial charge in [-0.15, -0.1) is 0 Å². The lowest BCUT2D eigenvalue weighted by Gasteiger charge is -2.06. The first-order chi connectivity index (χ1) is 7.66. The predicted molar refractivity (Wildman–Crippen MR) is 56.3 cm³/mol. The molecular weight excluding hydrogens is 211 g/mol. The van der Waals surface area contributed by atoms with Gasteiger partial charge in [0.1, 0.15) is 5.82 Å². The molecule has 0 saturated heterocycles. The number of carbonyl (C=O) groups excluding carboxylic acids is 2. The van der Waals surface area contributed by atoms with E-state index < -0.39 is 11.8 Å². The molecule has 2 N–H and O–H groups in total. The topological polar surface area (TPSA) is 58.2 Å². The highest BCUT2D eigenvalue weighted by molar-refractivity contribution is 6.02. The van der Waals surface area contributed by atoms with Crippen LogP contribution in [0.1, 0.15) is 12.8 Å². The Kier molecular flexibility index (Phi) is 2.85. The fourth-order valence-corrected chi connectivity index (χ4v) is 1.28. The molecule has 2 rings (SSSR count). The zero-order valence-electron chi connectivity index (χ0n) is 8.50. The lowest BCUT2D eigenvalue weighted by Crippen LogP contribution is -2.35. The van der Waals surface area contributed by atoms with Crippen LogP contribution in [-0.4, -0.2) is 11.9 Å². The molecule has 1 fully saturated rings. The van der Waals surface area contributed by atoms with Gasteiger partial charge in [-0.2, -0.15) is 0 Å². The quantitative estimate of drug-likeness (QED) is 0.802. The van der Waals surface area contributed by atoms with Crippen LogP contribution in [0.25, 0.3) is 0 Å². The summed E-state index contributed by atoms with van der Waals surface area (Å²) in [5.74, 6) is -0.878. The van der Waals surface area contributed by atoms with Crippen molar-refractivity contribution in [3.05, 3.63) is 30.1 Å². The summed E-state index contributed by atoms with van der Waals surface area (Å²) in [6.45, 7) is 0. The van der Waals surface area contributed by atoms with E-state index in [1.54, 1.807) is 6.07 Å². The van der Waals surface area contributed by atoms with Crippen molar-refractivity contribution in [1.82, 2.24) is 5.32 Å². The fourth-order valence-electron chi connectivity index (χ4n) is 1.28. The van der Waals surface area contributed by atoms with E-state index in [-0.39, 0.29) is 17.5 Å². The third-order valence-electron chi connectivity index (χ3n) is 2.31. The lowest BCUT2D eigenvalue weighted by molar-refractivity contribution is -0.121. The van der Waals surface area contributed by atoms with Crippen molar-refractivity contribution in [2.24, 2.45) is 5.92 Å². The normalized spacial score (nSPS) is 14.3. The minimum Gasteiger partial charge on any atom is -0.305 e. The van der Waals surface area contributed by atoms with E-state index in [2.05, 4.69) is 10.6 Å². The number of imide groups is 1. The molecule has 0 unspecified atom stereocenters. The van der Waals surface area contributed by atoms with Crippen molar-refractivity contribution in [1.29, 1.82) is 0 Å². The van der Waals surface area contributed by atoms with E-state index >= 15 is 0 Å². The van der Waals surface area contributed by atoms with Crippen molar-refractivity contribution < 1.29 is 14.0 Å². The van der Waals surface area contributed by atoms with E-state index in [1.165, 1.54) is 18.2 Å². The molecule has 0 aliphatic heterocycles. The summed E-state index contributed by atoms with van der Waals surface area (Å²) in [7, 11) is 0. The maximum Gasteiger partial charge on any atom is 0.325 e. The van der Waals surface area contributed by atoms with E-state index in [0.717, 1.165) is 12.8 Å². The second-order valence-electron chi connectivity index (χ2n) is 3.70. The van der Waals surface area contributed by atoms with Crippen LogP contribution in [0.3, 0.4) is 0 Å². The van der Waals surface area contributed by atoms with Gasteiger partial charge in [-0.1, -0.05) is 12.1 Å². The maximum atomic E-state index is 13.1. The van der Waals surface area contributed by atoms with Crippen molar-refractivity contribution in [2.45, 2.75) is 12.8 Å². The van der Waals surface area contributed by atoms with Crippen LogP contribution in [-0.2, 0) is 4.79 Å². The largest absolute Gasteiger partial charge is 0.325 e. The second kappa shape index (κ2) is 4.30. The first-order valence-corrected chi connectivity index (χ1v) is 5.03. The number of benzene rings is 1. The number of para-hydroxylation sites is 1. The van der Waals surface area contributed by atoms with Gasteiger partial charge in [0.2, 0.25) is 5.91 Å². The molecule has 1 aromatic rings. The number of hydrogen-bond donors (Lipinski definition) is 2. The molecule has 0 radical (unpaired) electrons. The molecule has 84 valence electrons. The van der Waals surface area contributed by atoms with Crippen LogP contribution in [0.15, 0.2) is 24.3 Å². The molecule has 0 bridgehead atoms. The number of rotatable bonds is 2. The maximum absolute atomic E-state index is 13.1. The summed E-state index contributed by atoms with van der Waals surface area (Å²) >= 11 is 0. The van der Waals surface area contributed by atoms with E-state index in [0.29, 0.717) is 0 Å². The summed E-state index contributed by atoms with van der Waals surface area (Å²) in [6.07, 6.45) is 1.64. The van der Waals surface area contributed by atoms with Crippen molar-refractivity contribution >= 4 is 17.6 Å². The number of amides is 3. The number of halogens is 1. The fraction of sp³-hybridized carbons (Fsp3) is 0.273. The van der Waals surface area contributed by atoms with Gasteiger partial charge in [-0.25, -0.2) is 9.18 Å². The molecule has 0 atom stereocenters. The summed E-state index contributed by atoms with van der Waals surface area (Å²) in [5.41, 5.74) is 0.0589. The zero-order chi connectivity index (χ0) is 11.5. The first-order valence-electron chi connectivity index (χ1n) is 5.03. The minimum absolute atomic E-state index is 0.0497. The van der Waals surface area contributed by atoms with Crippen molar-refractivity contribution in [3.63, 3.8) is 0 Å². The smallest absolute Gasteiger partial charge is 0.305 e.